The van der Waals surface area contributed by atoms with E-state index in [9.17, 15) is 0 Å². The van der Waals surface area contributed by atoms with Gasteiger partial charge < -0.3 is 0 Å². The van der Waals surface area contributed by atoms with Crippen LogP contribution in [0.5, 0.6) is 0 Å². The summed E-state index contributed by atoms with van der Waals surface area (Å²) in [4.78, 5) is 1.23. The van der Waals surface area contributed by atoms with Crippen LogP contribution in [0.15, 0.2) is 35.2 Å². The average molecular weight is 193 g/mol. The van der Waals surface area contributed by atoms with Crippen LogP contribution in [0.4, 0.5) is 0 Å². The van der Waals surface area contributed by atoms with Crippen LogP contribution >= 0.6 is 11.8 Å². The van der Waals surface area contributed by atoms with Gasteiger partial charge in [0.15, 0.2) is 0 Å². The van der Waals surface area contributed by atoms with Gasteiger partial charge in [-0.3, -0.25) is 10.7 Å². The SMILES string of the molecule is ONC1=CCCSc2ccccc21. The molecule has 0 radical (unpaired) electrons. The average Bonchev–Trinajstić information content (AvgIpc) is 2.39. The van der Waals surface area contributed by atoms with E-state index in [1.807, 2.05) is 36.0 Å². The highest BCUT2D eigenvalue weighted by molar-refractivity contribution is 7.99. The van der Waals surface area contributed by atoms with E-state index in [1.165, 1.54) is 4.90 Å². The second-order valence-electron chi connectivity index (χ2n) is 2.86. The third kappa shape index (κ3) is 1.71. The van der Waals surface area contributed by atoms with Crippen molar-refractivity contribution in [2.75, 3.05) is 5.75 Å². The zero-order valence-corrected chi connectivity index (χ0v) is 7.97. The third-order valence-electron chi connectivity index (χ3n) is 2.02. The molecule has 13 heavy (non-hydrogen) atoms. The van der Waals surface area contributed by atoms with Crippen LogP contribution < -0.4 is 5.48 Å². The lowest BCUT2D eigenvalue weighted by atomic mass is 10.1. The summed E-state index contributed by atoms with van der Waals surface area (Å²) in [5.41, 5.74) is 4.16. The molecule has 3 heteroatoms. The molecule has 0 unspecified atom stereocenters. The summed E-state index contributed by atoms with van der Waals surface area (Å²) in [5.74, 6) is 1.07. The maximum Gasteiger partial charge on any atom is 0.0646 e. The number of fused-ring (bicyclic) bond motifs is 1. The van der Waals surface area contributed by atoms with Crippen molar-refractivity contribution in [3.63, 3.8) is 0 Å². The molecular weight excluding hydrogens is 182 g/mol. The van der Waals surface area contributed by atoms with Crippen molar-refractivity contribution in [3.8, 4) is 0 Å². The van der Waals surface area contributed by atoms with Gasteiger partial charge in [-0.1, -0.05) is 24.3 Å². The van der Waals surface area contributed by atoms with Gasteiger partial charge in [0, 0.05) is 16.2 Å². The van der Waals surface area contributed by atoms with Crippen LogP contribution in [-0.4, -0.2) is 11.0 Å². The van der Waals surface area contributed by atoms with Crippen LogP contribution in [-0.2, 0) is 0 Å². The van der Waals surface area contributed by atoms with E-state index in [4.69, 9.17) is 5.21 Å². The van der Waals surface area contributed by atoms with Crippen LogP contribution in [0.1, 0.15) is 12.0 Å². The number of rotatable bonds is 1. The Morgan fingerprint density at radius 3 is 3.00 bits per heavy atom. The minimum absolute atomic E-state index is 0.820. The van der Waals surface area contributed by atoms with E-state index in [0.29, 0.717) is 0 Å². The van der Waals surface area contributed by atoms with Gasteiger partial charge in [0.05, 0.1) is 5.70 Å². The molecule has 2 N–H and O–H groups in total. The van der Waals surface area contributed by atoms with E-state index < -0.39 is 0 Å². The first-order valence-electron chi connectivity index (χ1n) is 4.24. The minimum Gasteiger partial charge on any atom is -0.291 e. The lowest BCUT2D eigenvalue weighted by molar-refractivity contribution is 0.224. The highest BCUT2D eigenvalue weighted by atomic mass is 32.2. The Morgan fingerprint density at radius 1 is 1.31 bits per heavy atom. The summed E-state index contributed by atoms with van der Waals surface area (Å²) in [7, 11) is 0. The van der Waals surface area contributed by atoms with E-state index >= 15 is 0 Å². The molecule has 68 valence electrons. The second-order valence-corrected chi connectivity index (χ2v) is 4.00. The van der Waals surface area contributed by atoms with Crippen molar-refractivity contribution in [3.05, 3.63) is 35.9 Å². The number of thioether (sulfide) groups is 1. The van der Waals surface area contributed by atoms with Gasteiger partial charge in [-0.2, -0.15) is 0 Å². The molecule has 0 aliphatic carbocycles. The first-order chi connectivity index (χ1) is 6.42. The number of hydroxylamine groups is 1. The second kappa shape index (κ2) is 3.85. The fourth-order valence-electron chi connectivity index (χ4n) is 1.40. The topological polar surface area (TPSA) is 32.3 Å². The van der Waals surface area contributed by atoms with Crippen molar-refractivity contribution in [2.24, 2.45) is 0 Å². The van der Waals surface area contributed by atoms with Crippen molar-refractivity contribution < 1.29 is 5.21 Å². The third-order valence-corrected chi connectivity index (χ3v) is 3.13. The van der Waals surface area contributed by atoms with Gasteiger partial charge in [-0.25, -0.2) is 0 Å². The molecule has 2 nitrogen and oxygen atoms in total. The van der Waals surface area contributed by atoms with Crippen molar-refractivity contribution in [2.45, 2.75) is 11.3 Å². The molecule has 0 atom stereocenters. The molecule has 1 aromatic rings. The molecule has 1 aliphatic heterocycles. The minimum atomic E-state index is 0.820. The molecule has 0 amide bonds. The molecular formula is C10H11NOS. The summed E-state index contributed by atoms with van der Waals surface area (Å²) >= 11 is 1.83. The molecule has 1 aromatic carbocycles. The largest absolute Gasteiger partial charge is 0.291 e. The number of hydrogen-bond acceptors (Lipinski definition) is 3. The number of hydrogen-bond donors (Lipinski definition) is 2. The van der Waals surface area contributed by atoms with E-state index in [0.717, 1.165) is 23.4 Å². The Kier molecular flexibility index (Phi) is 2.57. The maximum absolute atomic E-state index is 8.94. The molecule has 2 rings (SSSR count). The molecule has 0 aromatic heterocycles. The van der Waals surface area contributed by atoms with Gasteiger partial charge >= 0.3 is 0 Å². The highest BCUT2D eigenvalue weighted by Gasteiger charge is 2.09. The number of allylic oxidation sites excluding steroid dienone is 1. The lowest BCUT2D eigenvalue weighted by Crippen LogP contribution is -2.05. The van der Waals surface area contributed by atoms with Crippen LogP contribution in [0, 0.1) is 0 Å². The Bertz CT molecular complexity index is 335. The lowest BCUT2D eigenvalue weighted by Gasteiger charge is -2.07. The highest BCUT2D eigenvalue weighted by Crippen LogP contribution is 2.30. The molecule has 1 aliphatic rings. The summed E-state index contributed by atoms with van der Waals surface area (Å²) in [6.07, 6.45) is 3.01. The summed E-state index contributed by atoms with van der Waals surface area (Å²) in [6.45, 7) is 0. The van der Waals surface area contributed by atoms with Crippen molar-refractivity contribution >= 4 is 17.5 Å². The first-order valence-corrected chi connectivity index (χ1v) is 5.23. The number of nitrogens with one attached hydrogen (secondary N) is 1. The first kappa shape index (κ1) is 8.66. The summed E-state index contributed by atoms with van der Waals surface area (Å²) in [6, 6.07) is 8.10. The van der Waals surface area contributed by atoms with Crippen molar-refractivity contribution in [1.29, 1.82) is 0 Å². The van der Waals surface area contributed by atoms with E-state index in [1.54, 1.807) is 0 Å². The molecule has 0 saturated heterocycles. The van der Waals surface area contributed by atoms with Gasteiger partial charge in [0.1, 0.15) is 0 Å². The molecule has 0 saturated carbocycles. The van der Waals surface area contributed by atoms with Gasteiger partial charge in [0.2, 0.25) is 0 Å². The van der Waals surface area contributed by atoms with Crippen LogP contribution in [0.25, 0.3) is 5.70 Å². The van der Waals surface area contributed by atoms with Crippen molar-refractivity contribution in [1.82, 2.24) is 5.48 Å². The standard InChI is InChI=1S/C10H11NOS/c12-11-9-5-3-7-13-10-6-2-1-4-8(9)10/h1-2,4-6,11-12H,3,7H2. The molecule has 0 bridgehead atoms. The fourth-order valence-corrected chi connectivity index (χ4v) is 2.37. The van der Waals surface area contributed by atoms with Crippen LogP contribution in [0.2, 0.25) is 0 Å². The molecule has 0 fully saturated rings. The Labute approximate surface area is 81.6 Å². The van der Waals surface area contributed by atoms with Crippen LogP contribution in [0.3, 0.4) is 0 Å². The van der Waals surface area contributed by atoms with E-state index in [2.05, 4.69) is 11.5 Å². The Morgan fingerprint density at radius 2 is 2.15 bits per heavy atom. The maximum atomic E-state index is 8.94. The quantitative estimate of drug-likeness (QED) is 0.672. The number of benzene rings is 1. The zero-order chi connectivity index (χ0) is 9.10. The predicted molar refractivity (Wildman–Crippen MR) is 54.7 cm³/mol. The summed E-state index contributed by atoms with van der Waals surface area (Å²) < 4.78 is 0. The summed E-state index contributed by atoms with van der Waals surface area (Å²) in [5, 5.41) is 8.94. The Balaban J connectivity index is 2.47. The smallest absolute Gasteiger partial charge is 0.0646 e. The predicted octanol–water partition coefficient (Wildman–Crippen LogP) is 2.50. The fraction of sp³-hybridized carbons (Fsp3) is 0.200. The van der Waals surface area contributed by atoms with Gasteiger partial charge in [0.25, 0.3) is 0 Å². The monoisotopic (exact) mass is 193 g/mol. The normalized spacial score (nSPS) is 15.6. The Hall–Kier alpha value is -0.930. The van der Waals surface area contributed by atoms with Gasteiger partial charge in [-0.15, -0.1) is 11.8 Å². The van der Waals surface area contributed by atoms with E-state index in [-0.39, 0.29) is 0 Å². The zero-order valence-electron chi connectivity index (χ0n) is 7.16. The molecule has 1 heterocycles. The molecule has 0 spiro atoms. The van der Waals surface area contributed by atoms with Gasteiger partial charge in [-0.05, 0) is 12.5 Å².